The van der Waals surface area contributed by atoms with Crippen molar-refractivity contribution in [2.75, 3.05) is 14.2 Å². The molecule has 1 aromatic carbocycles. The van der Waals surface area contributed by atoms with Crippen molar-refractivity contribution in [1.29, 1.82) is 0 Å². The molecule has 0 bridgehead atoms. The molecule has 0 aliphatic heterocycles. The maximum atomic E-state index is 11.3. The minimum absolute atomic E-state index is 0.0184. The van der Waals surface area contributed by atoms with Gasteiger partial charge < -0.3 is 20.1 Å². The highest BCUT2D eigenvalue weighted by atomic mass is 16.6. The lowest BCUT2D eigenvalue weighted by molar-refractivity contribution is 0.0701. The van der Waals surface area contributed by atoms with Gasteiger partial charge in [-0.2, -0.15) is 0 Å². The third kappa shape index (κ3) is 5.23. The Morgan fingerprint density at radius 3 is 2.54 bits per heavy atom. The summed E-state index contributed by atoms with van der Waals surface area (Å²) in [5, 5.41) is 6.15. The number of alkyl carbamates (subject to hydrolysis) is 1. The van der Waals surface area contributed by atoms with Gasteiger partial charge in [-0.3, -0.25) is 4.98 Å². The Balaban J connectivity index is 1.60. The van der Waals surface area contributed by atoms with E-state index in [-0.39, 0.29) is 12.2 Å². The fourth-order valence-electron chi connectivity index (χ4n) is 3.58. The molecule has 0 radical (unpaired) electrons. The lowest BCUT2D eigenvalue weighted by atomic mass is 9.92. The Kier molecular flexibility index (Phi) is 6.87. The van der Waals surface area contributed by atoms with Gasteiger partial charge in [-0.15, -0.1) is 0 Å². The second kappa shape index (κ2) is 9.55. The molecule has 3 rings (SSSR count). The first-order valence-electron chi connectivity index (χ1n) is 9.80. The molecule has 1 amide bonds. The third-order valence-corrected chi connectivity index (χ3v) is 5.26. The van der Waals surface area contributed by atoms with Crippen LogP contribution >= 0.6 is 0 Å². The van der Waals surface area contributed by atoms with Crippen LogP contribution in [0.4, 0.5) is 4.79 Å². The van der Waals surface area contributed by atoms with E-state index in [2.05, 4.69) is 33.8 Å². The SMILES string of the molecule is CNC(=O)OC1CCC(NCc2cc(-c3ccc(C)nc3)ccc2OC)CC1. The van der Waals surface area contributed by atoms with Crippen molar-refractivity contribution in [3.05, 3.63) is 47.8 Å². The van der Waals surface area contributed by atoms with Crippen molar-refractivity contribution >= 4 is 6.09 Å². The van der Waals surface area contributed by atoms with E-state index in [1.807, 2.05) is 25.3 Å². The number of methoxy groups -OCH3 is 1. The smallest absolute Gasteiger partial charge is 0.407 e. The van der Waals surface area contributed by atoms with E-state index in [9.17, 15) is 4.79 Å². The van der Waals surface area contributed by atoms with E-state index in [4.69, 9.17) is 9.47 Å². The monoisotopic (exact) mass is 383 g/mol. The van der Waals surface area contributed by atoms with Gasteiger partial charge in [-0.25, -0.2) is 4.79 Å². The second-order valence-corrected chi connectivity index (χ2v) is 7.22. The molecule has 1 aliphatic rings. The summed E-state index contributed by atoms with van der Waals surface area (Å²) < 4.78 is 10.9. The number of nitrogens with one attached hydrogen (secondary N) is 2. The van der Waals surface area contributed by atoms with E-state index in [0.29, 0.717) is 6.04 Å². The van der Waals surface area contributed by atoms with Crippen molar-refractivity contribution in [2.24, 2.45) is 0 Å². The van der Waals surface area contributed by atoms with Gasteiger partial charge in [0.05, 0.1) is 7.11 Å². The molecule has 1 aliphatic carbocycles. The fourth-order valence-corrected chi connectivity index (χ4v) is 3.58. The van der Waals surface area contributed by atoms with Gasteiger partial charge in [0.1, 0.15) is 11.9 Å². The number of hydrogen-bond donors (Lipinski definition) is 2. The number of rotatable bonds is 6. The normalized spacial score (nSPS) is 19.1. The van der Waals surface area contributed by atoms with E-state index >= 15 is 0 Å². The quantitative estimate of drug-likeness (QED) is 0.793. The summed E-state index contributed by atoms with van der Waals surface area (Å²) in [6.45, 7) is 2.73. The second-order valence-electron chi connectivity index (χ2n) is 7.22. The van der Waals surface area contributed by atoms with Crippen LogP contribution in [0.2, 0.25) is 0 Å². The number of pyridine rings is 1. The number of hydrogen-bond acceptors (Lipinski definition) is 5. The molecule has 2 N–H and O–H groups in total. The number of aryl methyl sites for hydroxylation is 1. The molecule has 0 atom stereocenters. The average molecular weight is 383 g/mol. The van der Waals surface area contributed by atoms with Crippen molar-refractivity contribution in [3.63, 3.8) is 0 Å². The summed E-state index contributed by atoms with van der Waals surface area (Å²) in [6, 6.07) is 10.8. The van der Waals surface area contributed by atoms with Gasteiger partial charge in [0.15, 0.2) is 0 Å². The molecule has 1 fully saturated rings. The molecular weight excluding hydrogens is 354 g/mol. The van der Waals surface area contributed by atoms with Crippen molar-refractivity contribution in [2.45, 2.75) is 51.3 Å². The average Bonchev–Trinajstić information content (AvgIpc) is 2.73. The van der Waals surface area contributed by atoms with Crippen LogP contribution < -0.4 is 15.4 Å². The Hall–Kier alpha value is -2.60. The van der Waals surface area contributed by atoms with Crippen molar-refractivity contribution in [1.82, 2.24) is 15.6 Å². The third-order valence-electron chi connectivity index (χ3n) is 5.26. The molecule has 0 spiro atoms. The summed E-state index contributed by atoms with van der Waals surface area (Å²) in [6.07, 6.45) is 5.33. The zero-order chi connectivity index (χ0) is 19.9. The van der Waals surface area contributed by atoms with Gasteiger partial charge in [-0.05, 0) is 56.4 Å². The highest BCUT2D eigenvalue weighted by Crippen LogP contribution is 2.27. The van der Waals surface area contributed by atoms with Crippen molar-refractivity contribution in [3.8, 4) is 16.9 Å². The van der Waals surface area contributed by atoms with Crippen LogP contribution in [0, 0.1) is 6.92 Å². The van der Waals surface area contributed by atoms with E-state index in [1.165, 1.54) is 0 Å². The number of aromatic nitrogens is 1. The highest BCUT2D eigenvalue weighted by molar-refractivity contribution is 5.67. The molecule has 0 saturated heterocycles. The summed E-state index contributed by atoms with van der Waals surface area (Å²) in [7, 11) is 3.29. The molecular formula is C22H29N3O3. The Morgan fingerprint density at radius 1 is 1.14 bits per heavy atom. The molecule has 6 nitrogen and oxygen atoms in total. The Bertz CT molecular complexity index is 784. The predicted octanol–water partition coefficient (Wildman–Crippen LogP) is 3.82. The topological polar surface area (TPSA) is 72.5 Å². The first-order valence-corrected chi connectivity index (χ1v) is 9.80. The first kappa shape index (κ1) is 20.1. The summed E-state index contributed by atoms with van der Waals surface area (Å²) in [5.41, 5.74) is 4.37. The van der Waals surface area contributed by atoms with Gasteiger partial charge in [0, 0.05) is 42.7 Å². The number of carbonyl (C=O) groups excluding carboxylic acids is 1. The standard InChI is InChI=1S/C22H29N3O3/c1-15-4-5-17(13-24-15)16-6-11-21(27-3)18(12-16)14-25-19-7-9-20(10-8-19)28-22(26)23-2/h4-6,11-13,19-20,25H,7-10,14H2,1-3H3,(H,23,26). The number of ether oxygens (including phenoxy) is 2. The van der Waals surface area contributed by atoms with Crippen LogP contribution in [0.15, 0.2) is 36.5 Å². The zero-order valence-electron chi connectivity index (χ0n) is 16.8. The van der Waals surface area contributed by atoms with Crippen LogP contribution in [0.5, 0.6) is 5.75 Å². The van der Waals surface area contributed by atoms with Crippen molar-refractivity contribution < 1.29 is 14.3 Å². The number of nitrogens with zero attached hydrogens (tertiary/aromatic N) is 1. The Labute approximate surface area is 166 Å². The predicted molar refractivity (Wildman–Crippen MR) is 109 cm³/mol. The summed E-state index contributed by atoms with van der Waals surface area (Å²) in [4.78, 5) is 15.7. The lowest BCUT2D eigenvalue weighted by Crippen LogP contribution is -2.36. The minimum atomic E-state index is -0.344. The van der Waals surface area contributed by atoms with Gasteiger partial charge in [0.2, 0.25) is 0 Å². The molecule has 150 valence electrons. The summed E-state index contributed by atoms with van der Waals surface area (Å²) >= 11 is 0. The number of carbonyl (C=O) groups is 1. The van der Waals surface area contributed by atoms with E-state index in [1.54, 1.807) is 14.2 Å². The molecule has 1 aromatic heterocycles. The minimum Gasteiger partial charge on any atom is -0.496 e. The van der Waals surface area contributed by atoms with Gasteiger partial charge >= 0.3 is 6.09 Å². The molecule has 0 unspecified atom stereocenters. The fraction of sp³-hybridized carbons (Fsp3) is 0.455. The molecule has 28 heavy (non-hydrogen) atoms. The van der Waals surface area contributed by atoms with Crippen LogP contribution in [0.25, 0.3) is 11.1 Å². The summed E-state index contributed by atoms with van der Waals surface area (Å²) in [5.74, 6) is 0.882. The van der Waals surface area contributed by atoms with E-state index in [0.717, 1.165) is 60.4 Å². The lowest BCUT2D eigenvalue weighted by Gasteiger charge is -2.29. The first-order chi connectivity index (χ1) is 13.6. The van der Waals surface area contributed by atoms with Gasteiger partial charge in [-0.1, -0.05) is 12.1 Å². The van der Waals surface area contributed by atoms with Crippen LogP contribution in [-0.2, 0) is 11.3 Å². The highest BCUT2D eigenvalue weighted by Gasteiger charge is 2.23. The van der Waals surface area contributed by atoms with E-state index < -0.39 is 0 Å². The maximum Gasteiger partial charge on any atom is 0.407 e. The molecule has 1 heterocycles. The largest absolute Gasteiger partial charge is 0.496 e. The molecule has 1 saturated carbocycles. The Morgan fingerprint density at radius 2 is 1.89 bits per heavy atom. The van der Waals surface area contributed by atoms with Crippen LogP contribution in [0.1, 0.15) is 36.9 Å². The van der Waals surface area contributed by atoms with Crippen LogP contribution in [0.3, 0.4) is 0 Å². The zero-order valence-corrected chi connectivity index (χ0v) is 16.8. The van der Waals surface area contributed by atoms with Crippen LogP contribution in [-0.4, -0.2) is 37.4 Å². The maximum absolute atomic E-state index is 11.3. The molecule has 6 heteroatoms. The van der Waals surface area contributed by atoms with Gasteiger partial charge in [0.25, 0.3) is 0 Å². The number of amides is 1. The molecule has 2 aromatic rings. The number of benzene rings is 1.